The first-order valence-corrected chi connectivity index (χ1v) is 10.5. The molecule has 0 aliphatic carbocycles. The second kappa shape index (κ2) is 8.01. The molecular formula is C25H16N2O3S. The minimum Gasteiger partial charge on any atom is -0.451 e. The van der Waals surface area contributed by atoms with Crippen molar-refractivity contribution in [3.8, 4) is 21.8 Å². The van der Waals surface area contributed by atoms with Gasteiger partial charge in [0.15, 0.2) is 11.2 Å². The highest BCUT2D eigenvalue weighted by Gasteiger charge is 2.13. The highest BCUT2D eigenvalue weighted by molar-refractivity contribution is 7.13. The van der Waals surface area contributed by atoms with Gasteiger partial charge in [-0.25, -0.2) is 4.98 Å². The molecule has 0 spiro atoms. The smallest absolute Gasteiger partial charge is 0.291 e. The van der Waals surface area contributed by atoms with E-state index >= 15 is 0 Å². The molecule has 1 amide bonds. The lowest BCUT2D eigenvalue weighted by Crippen LogP contribution is -2.14. The minimum absolute atomic E-state index is 0.0280. The van der Waals surface area contributed by atoms with Crippen LogP contribution in [-0.4, -0.2) is 10.9 Å². The van der Waals surface area contributed by atoms with Crippen LogP contribution in [0.25, 0.3) is 32.8 Å². The monoisotopic (exact) mass is 424 g/mol. The quantitative estimate of drug-likeness (QED) is 0.394. The van der Waals surface area contributed by atoms with Gasteiger partial charge in [0.25, 0.3) is 5.91 Å². The van der Waals surface area contributed by atoms with Crippen LogP contribution in [0.1, 0.15) is 10.6 Å². The van der Waals surface area contributed by atoms with Gasteiger partial charge < -0.3 is 9.73 Å². The van der Waals surface area contributed by atoms with Crippen molar-refractivity contribution < 1.29 is 9.21 Å². The number of para-hydroxylation sites is 1. The van der Waals surface area contributed by atoms with Gasteiger partial charge in [-0.05, 0) is 24.3 Å². The molecule has 2 heterocycles. The molecule has 0 fully saturated rings. The topological polar surface area (TPSA) is 72.2 Å². The van der Waals surface area contributed by atoms with E-state index in [9.17, 15) is 9.59 Å². The number of benzene rings is 3. The van der Waals surface area contributed by atoms with Crippen LogP contribution in [0.2, 0.25) is 0 Å². The van der Waals surface area contributed by atoms with Gasteiger partial charge in [-0.2, -0.15) is 0 Å². The molecule has 0 unspecified atom stereocenters. The van der Waals surface area contributed by atoms with E-state index in [1.54, 1.807) is 47.7 Å². The van der Waals surface area contributed by atoms with E-state index in [0.717, 1.165) is 21.8 Å². The molecule has 150 valence electrons. The Labute approximate surface area is 181 Å². The van der Waals surface area contributed by atoms with Gasteiger partial charge in [0.05, 0.1) is 11.1 Å². The van der Waals surface area contributed by atoms with Crippen molar-refractivity contribution in [2.45, 2.75) is 0 Å². The summed E-state index contributed by atoms with van der Waals surface area (Å²) >= 11 is 1.59. The van der Waals surface area contributed by atoms with Gasteiger partial charge in [-0.1, -0.05) is 54.6 Å². The molecule has 5 aromatic rings. The molecule has 0 saturated carbocycles. The normalized spacial score (nSPS) is 10.8. The molecule has 0 radical (unpaired) electrons. The van der Waals surface area contributed by atoms with Crippen LogP contribution in [0.3, 0.4) is 0 Å². The van der Waals surface area contributed by atoms with Gasteiger partial charge in [-0.15, -0.1) is 11.3 Å². The molecule has 5 rings (SSSR count). The number of anilines is 1. The Bertz CT molecular complexity index is 1440. The summed E-state index contributed by atoms with van der Waals surface area (Å²) in [5.74, 6) is -0.504. The van der Waals surface area contributed by atoms with E-state index in [1.165, 1.54) is 6.07 Å². The van der Waals surface area contributed by atoms with Crippen molar-refractivity contribution in [1.82, 2.24) is 4.98 Å². The first-order valence-electron chi connectivity index (χ1n) is 9.63. The van der Waals surface area contributed by atoms with E-state index in [-0.39, 0.29) is 11.2 Å². The van der Waals surface area contributed by atoms with Crippen molar-refractivity contribution in [1.29, 1.82) is 0 Å². The summed E-state index contributed by atoms with van der Waals surface area (Å²) in [6.07, 6.45) is 0. The third kappa shape index (κ3) is 3.89. The van der Waals surface area contributed by atoms with Gasteiger partial charge in [-0.3, -0.25) is 9.59 Å². The zero-order chi connectivity index (χ0) is 21.2. The van der Waals surface area contributed by atoms with Crippen LogP contribution < -0.4 is 10.7 Å². The number of carbonyl (C=O) groups excluding carboxylic acids is 1. The van der Waals surface area contributed by atoms with Crippen LogP contribution in [0.5, 0.6) is 0 Å². The average molecular weight is 424 g/mol. The number of nitrogens with zero attached hydrogens (tertiary/aromatic N) is 1. The van der Waals surface area contributed by atoms with Gasteiger partial charge in [0, 0.05) is 28.3 Å². The molecule has 6 heteroatoms. The molecule has 0 atom stereocenters. The third-order valence-electron chi connectivity index (χ3n) is 4.82. The number of fused-ring (bicyclic) bond motifs is 1. The summed E-state index contributed by atoms with van der Waals surface area (Å²) in [7, 11) is 0. The Balaban J connectivity index is 1.34. The van der Waals surface area contributed by atoms with Crippen molar-refractivity contribution in [2.75, 3.05) is 5.32 Å². The first kappa shape index (κ1) is 19.0. The lowest BCUT2D eigenvalue weighted by atomic mass is 10.1. The van der Waals surface area contributed by atoms with Crippen LogP contribution in [0, 0.1) is 0 Å². The zero-order valence-electron chi connectivity index (χ0n) is 16.2. The van der Waals surface area contributed by atoms with E-state index in [2.05, 4.69) is 5.32 Å². The Morgan fingerprint density at radius 2 is 1.61 bits per heavy atom. The highest BCUT2D eigenvalue weighted by atomic mass is 32.1. The summed E-state index contributed by atoms with van der Waals surface area (Å²) in [5.41, 5.74) is 3.65. The number of aromatic nitrogens is 1. The molecule has 1 N–H and O–H groups in total. The van der Waals surface area contributed by atoms with E-state index in [1.807, 2.05) is 47.8 Å². The number of hydrogen-bond acceptors (Lipinski definition) is 5. The molecule has 31 heavy (non-hydrogen) atoms. The summed E-state index contributed by atoms with van der Waals surface area (Å²) in [6.45, 7) is 0. The predicted molar refractivity (Wildman–Crippen MR) is 123 cm³/mol. The van der Waals surface area contributed by atoms with Gasteiger partial charge in [0.2, 0.25) is 0 Å². The van der Waals surface area contributed by atoms with E-state index in [0.29, 0.717) is 16.7 Å². The second-order valence-electron chi connectivity index (χ2n) is 6.91. The molecule has 0 aliphatic rings. The number of nitrogens with one attached hydrogen (secondary N) is 1. The maximum atomic E-state index is 12.6. The van der Waals surface area contributed by atoms with E-state index < -0.39 is 5.91 Å². The van der Waals surface area contributed by atoms with E-state index in [4.69, 9.17) is 9.40 Å². The fourth-order valence-electron chi connectivity index (χ4n) is 3.25. The lowest BCUT2D eigenvalue weighted by Gasteiger charge is -2.06. The second-order valence-corrected chi connectivity index (χ2v) is 7.76. The van der Waals surface area contributed by atoms with Crippen molar-refractivity contribution in [3.05, 3.63) is 106 Å². The Morgan fingerprint density at radius 1 is 0.871 bits per heavy atom. The van der Waals surface area contributed by atoms with Gasteiger partial charge in [0.1, 0.15) is 10.6 Å². The summed E-state index contributed by atoms with van der Waals surface area (Å²) in [6, 6.07) is 25.5. The number of hydrogen-bond donors (Lipinski definition) is 1. The maximum Gasteiger partial charge on any atom is 0.291 e. The fraction of sp³-hybridized carbons (Fsp3) is 0. The summed E-state index contributed by atoms with van der Waals surface area (Å²) < 4.78 is 5.59. The fourth-order valence-corrected chi connectivity index (χ4v) is 4.09. The minimum atomic E-state index is -0.476. The lowest BCUT2D eigenvalue weighted by molar-refractivity contribution is 0.0997. The first-order chi connectivity index (χ1) is 15.2. The highest BCUT2D eigenvalue weighted by Crippen LogP contribution is 2.29. The van der Waals surface area contributed by atoms with Crippen molar-refractivity contribution in [2.24, 2.45) is 0 Å². The van der Waals surface area contributed by atoms with Crippen LogP contribution in [-0.2, 0) is 0 Å². The maximum absolute atomic E-state index is 12.6. The Kier molecular flexibility index (Phi) is 4.90. The van der Waals surface area contributed by atoms with Gasteiger partial charge >= 0.3 is 0 Å². The molecule has 5 nitrogen and oxygen atoms in total. The standard InChI is InChI=1S/C25H16N2O3S/c28-21-14-23(30-22-9-5-4-8-19(21)22)24(29)26-18-12-10-16(11-13-18)20-15-31-25(27-20)17-6-2-1-3-7-17/h1-15H,(H,26,29). The summed E-state index contributed by atoms with van der Waals surface area (Å²) in [5, 5.41) is 6.19. The Hall–Kier alpha value is -4.03. The van der Waals surface area contributed by atoms with Crippen molar-refractivity contribution in [3.63, 3.8) is 0 Å². The predicted octanol–water partition coefficient (Wildman–Crippen LogP) is 5.84. The largest absolute Gasteiger partial charge is 0.451 e. The molecular weight excluding hydrogens is 408 g/mol. The number of thiazole rings is 1. The average Bonchev–Trinajstić information content (AvgIpc) is 3.30. The summed E-state index contributed by atoms with van der Waals surface area (Å²) in [4.78, 5) is 29.5. The van der Waals surface area contributed by atoms with Crippen LogP contribution in [0.15, 0.2) is 99.5 Å². The van der Waals surface area contributed by atoms with Crippen molar-refractivity contribution >= 4 is 33.9 Å². The number of rotatable bonds is 4. The molecule has 3 aromatic carbocycles. The van der Waals surface area contributed by atoms with Crippen LogP contribution in [0.4, 0.5) is 5.69 Å². The van der Waals surface area contributed by atoms with Crippen LogP contribution >= 0.6 is 11.3 Å². The SMILES string of the molecule is O=C(Nc1ccc(-c2csc(-c3ccccc3)n2)cc1)c1cc(=O)c2ccccc2o1. The number of carbonyl (C=O) groups is 1. The molecule has 0 saturated heterocycles. The third-order valence-corrected chi connectivity index (χ3v) is 5.71. The molecule has 2 aromatic heterocycles. The molecule has 0 aliphatic heterocycles. The zero-order valence-corrected chi connectivity index (χ0v) is 17.1. The number of amides is 1. The Morgan fingerprint density at radius 3 is 2.42 bits per heavy atom. The molecule has 0 bridgehead atoms.